The summed E-state index contributed by atoms with van der Waals surface area (Å²) in [6.07, 6.45) is 0. The fourth-order valence-electron chi connectivity index (χ4n) is 1.79. The van der Waals surface area contributed by atoms with E-state index in [-0.39, 0.29) is 11.0 Å². The van der Waals surface area contributed by atoms with Crippen molar-refractivity contribution >= 4 is 0 Å². The van der Waals surface area contributed by atoms with E-state index in [1.807, 2.05) is 13.8 Å². The van der Waals surface area contributed by atoms with Crippen molar-refractivity contribution in [3.8, 4) is 0 Å². The van der Waals surface area contributed by atoms with E-state index >= 15 is 0 Å². The molecule has 0 atom stereocenters. The molecule has 0 unspecified atom stereocenters. The van der Waals surface area contributed by atoms with Gasteiger partial charge in [-0.25, -0.2) is 0 Å². The minimum atomic E-state index is -0.273. The molecule has 0 fully saturated rings. The molecule has 1 nitrogen and oxygen atoms in total. The number of hydrogen-bond donors (Lipinski definition) is 1. The SMILES string of the molecule is CC.CC(C)c1cc(C(C)(C)C)cc(C(C)(C)N)c1. The molecule has 1 aromatic rings. The van der Waals surface area contributed by atoms with Crippen LogP contribution in [-0.4, -0.2) is 0 Å². The molecule has 0 bridgehead atoms. The third kappa shape index (κ3) is 5.36. The standard InChI is InChI=1S/C16H27N.C2H6/c1-11(2)12-8-13(15(3,4)5)10-14(9-12)16(6,7)17;1-2/h8-11H,17H2,1-7H3;1-2H3. The van der Waals surface area contributed by atoms with Gasteiger partial charge >= 0.3 is 0 Å². The van der Waals surface area contributed by atoms with Gasteiger partial charge in [0.05, 0.1) is 0 Å². The van der Waals surface area contributed by atoms with Gasteiger partial charge in [0.2, 0.25) is 0 Å². The van der Waals surface area contributed by atoms with Crippen molar-refractivity contribution in [1.29, 1.82) is 0 Å². The summed E-state index contributed by atoms with van der Waals surface area (Å²) in [6.45, 7) is 19.3. The predicted octanol–water partition coefficient (Wildman–Crippen LogP) is 5.33. The first-order valence-electron chi connectivity index (χ1n) is 7.46. The lowest BCUT2D eigenvalue weighted by Gasteiger charge is -2.27. The van der Waals surface area contributed by atoms with Crippen molar-refractivity contribution in [3.05, 3.63) is 34.9 Å². The Morgan fingerprint density at radius 2 is 1.26 bits per heavy atom. The average Bonchev–Trinajstić information content (AvgIpc) is 2.28. The maximum Gasteiger partial charge on any atom is 0.0352 e. The molecule has 110 valence electrons. The summed E-state index contributed by atoms with van der Waals surface area (Å²) in [6, 6.07) is 6.83. The van der Waals surface area contributed by atoms with Crippen LogP contribution < -0.4 is 5.73 Å². The van der Waals surface area contributed by atoms with Gasteiger partial charge in [0.1, 0.15) is 0 Å². The summed E-state index contributed by atoms with van der Waals surface area (Å²) in [5.74, 6) is 0.540. The minimum absolute atomic E-state index is 0.172. The summed E-state index contributed by atoms with van der Waals surface area (Å²) in [4.78, 5) is 0. The highest BCUT2D eigenvalue weighted by molar-refractivity contribution is 5.38. The van der Waals surface area contributed by atoms with Crippen molar-refractivity contribution in [2.24, 2.45) is 5.73 Å². The van der Waals surface area contributed by atoms with Crippen LogP contribution in [-0.2, 0) is 11.0 Å². The highest BCUT2D eigenvalue weighted by atomic mass is 14.7. The maximum absolute atomic E-state index is 6.24. The van der Waals surface area contributed by atoms with Crippen LogP contribution in [0, 0.1) is 0 Å². The Bertz CT molecular complexity index is 357. The van der Waals surface area contributed by atoms with Gasteiger partial charge < -0.3 is 5.73 Å². The number of nitrogens with two attached hydrogens (primary N) is 1. The fourth-order valence-corrected chi connectivity index (χ4v) is 1.79. The molecule has 0 radical (unpaired) electrons. The second-order valence-electron chi connectivity index (χ2n) is 6.97. The van der Waals surface area contributed by atoms with Gasteiger partial charge in [-0.1, -0.05) is 66.7 Å². The zero-order valence-corrected chi connectivity index (χ0v) is 14.4. The van der Waals surface area contributed by atoms with Gasteiger partial charge in [-0.05, 0) is 41.9 Å². The molecule has 0 amide bonds. The van der Waals surface area contributed by atoms with Crippen molar-refractivity contribution in [1.82, 2.24) is 0 Å². The average molecular weight is 263 g/mol. The van der Waals surface area contributed by atoms with Crippen LogP contribution in [0.25, 0.3) is 0 Å². The molecule has 0 saturated carbocycles. The first kappa shape index (κ1) is 18.2. The van der Waals surface area contributed by atoms with E-state index in [9.17, 15) is 0 Å². The molecule has 0 heterocycles. The number of hydrogen-bond acceptors (Lipinski definition) is 1. The van der Waals surface area contributed by atoms with E-state index in [0.29, 0.717) is 5.92 Å². The van der Waals surface area contributed by atoms with Gasteiger partial charge in [-0.3, -0.25) is 0 Å². The molecule has 1 aromatic carbocycles. The molecule has 0 saturated heterocycles. The summed E-state index contributed by atoms with van der Waals surface area (Å²) in [5, 5.41) is 0. The summed E-state index contributed by atoms with van der Waals surface area (Å²) >= 11 is 0. The smallest absolute Gasteiger partial charge is 0.0352 e. The second-order valence-corrected chi connectivity index (χ2v) is 6.97. The quantitative estimate of drug-likeness (QED) is 0.767. The molecular weight excluding hydrogens is 230 g/mol. The van der Waals surface area contributed by atoms with Gasteiger partial charge in [0.15, 0.2) is 0 Å². The Balaban J connectivity index is 0.00000154. The first-order valence-corrected chi connectivity index (χ1v) is 7.46. The highest BCUT2D eigenvalue weighted by Gasteiger charge is 2.21. The molecule has 0 aliphatic heterocycles. The normalized spacial score (nSPS) is 12.2. The lowest BCUT2D eigenvalue weighted by atomic mass is 9.81. The highest BCUT2D eigenvalue weighted by Crippen LogP contribution is 2.30. The molecule has 1 heteroatoms. The van der Waals surface area contributed by atoms with Crippen molar-refractivity contribution < 1.29 is 0 Å². The van der Waals surface area contributed by atoms with Crippen LogP contribution in [0.15, 0.2) is 18.2 Å². The predicted molar refractivity (Wildman–Crippen MR) is 87.8 cm³/mol. The topological polar surface area (TPSA) is 26.0 Å². The molecule has 19 heavy (non-hydrogen) atoms. The van der Waals surface area contributed by atoms with Crippen LogP contribution in [0.1, 0.15) is 84.9 Å². The molecule has 2 N–H and O–H groups in total. The van der Waals surface area contributed by atoms with E-state index in [0.717, 1.165) is 0 Å². The Labute approximate surface area is 120 Å². The van der Waals surface area contributed by atoms with E-state index in [2.05, 4.69) is 66.7 Å². The molecule has 0 aromatic heterocycles. The third-order valence-electron chi connectivity index (χ3n) is 3.23. The van der Waals surface area contributed by atoms with Crippen LogP contribution >= 0.6 is 0 Å². The summed E-state index contributed by atoms with van der Waals surface area (Å²) < 4.78 is 0. The van der Waals surface area contributed by atoms with Gasteiger partial charge in [0, 0.05) is 5.54 Å². The zero-order chi connectivity index (χ0) is 15.4. The van der Waals surface area contributed by atoms with Crippen LogP contribution in [0.4, 0.5) is 0 Å². The summed E-state index contributed by atoms with van der Waals surface area (Å²) in [7, 11) is 0. The number of benzene rings is 1. The second kappa shape index (κ2) is 6.56. The Morgan fingerprint density at radius 3 is 1.58 bits per heavy atom. The van der Waals surface area contributed by atoms with E-state index in [1.54, 1.807) is 0 Å². The molecule has 0 aliphatic carbocycles. The maximum atomic E-state index is 6.24. The first-order chi connectivity index (χ1) is 8.51. The Kier molecular flexibility index (Phi) is 6.28. The molecule has 0 aliphatic rings. The largest absolute Gasteiger partial charge is 0.322 e. The minimum Gasteiger partial charge on any atom is -0.322 e. The van der Waals surface area contributed by atoms with Crippen LogP contribution in [0.3, 0.4) is 0 Å². The van der Waals surface area contributed by atoms with Gasteiger partial charge in [0.25, 0.3) is 0 Å². The number of rotatable bonds is 2. The van der Waals surface area contributed by atoms with E-state index < -0.39 is 0 Å². The van der Waals surface area contributed by atoms with Crippen molar-refractivity contribution in [2.75, 3.05) is 0 Å². The van der Waals surface area contributed by atoms with Crippen LogP contribution in [0.2, 0.25) is 0 Å². The molecular formula is C18H33N. The van der Waals surface area contributed by atoms with Crippen molar-refractivity contribution in [3.63, 3.8) is 0 Å². The van der Waals surface area contributed by atoms with Crippen molar-refractivity contribution in [2.45, 2.75) is 79.2 Å². The Morgan fingerprint density at radius 1 is 0.842 bits per heavy atom. The lowest BCUT2D eigenvalue weighted by molar-refractivity contribution is 0.543. The van der Waals surface area contributed by atoms with Gasteiger partial charge in [-0.2, -0.15) is 0 Å². The fraction of sp³-hybridized carbons (Fsp3) is 0.667. The van der Waals surface area contributed by atoms with E-state index in [4.69, 9.17) is 5.73 Å². The van der Waals surface area contributed by atoms with Gasteiger partial charge in [-0.15, -0.1) is 0 Å². The molecule has 1 rings (SSSR count). The third-order valence-corrected chi connectivity index (χ3v) is 3.23. The monoisotopic (exact) mass is 263 g/mol. The lowest BCUT2D eigenvalue weighted by Crippen LogP contribution is -2.29. The zero-order valence-electron chi connectivity index (χ0n) is 14.4. The van der Waals surface area contributed by atoms with Crippen LogP contribution in [0.5, 0.6) is 0 Å². The Hall–Kier alpha value is -0.820. The molecule has 0 spiro atoms. The summed E-state index contributed by atoms with van der Waals surface area (Å²) in [5.41, 5.74) is 10.1. The van der Waals surface area contributed by atoms with E-state index in [1.165, 1.54) is 16.7 Å².